The van der Waals surface area contributed by atoms with Crippen LogP contribution in [0.4, 0.5) is 10.2 Å². The van der Waals surface area contributed by atoms with Gasteiger partial charge in [-0.05, 0) is 55.3 Å². The van der Waals surface area contributed by atoms with Crippen LogP contribution >= 0.6 is 11.6 Å². The van der Waals surface area contributed by atoms with Crippen molar-refractivity contribution in [2.24, 2.45) is 7.05 Å². The fourth-order valence-corrected chi connectivity index (χ4v) is 5.90. The topological polar surface area (TPSA) is 88.8 Å². The number of fused-ring (bicyclic) bond motifs is 2. The summed E-state index contributed by atoms with van der Waals surface area (Å²) >= 11 is 6.86. The molecular formula is C31H32ClFN6O3. The molecule has 0 unspecified atom stereocenters. The predicted octanol–water partition coefficient (Wildman–Crippen LogP) is 6.37. The zero-order chi connectivity index (χ0) is 29.5. The van der Waals surface area contributed by atoms with Crippen LogP contribution in [-0.4, -0.2) is 68.3 Å². The van der Waals surface area contributed by atoms with Gasteiger partial charge in [0.15, 0.2) is 5.82 Å². The summed E-state index contributed by atoms with van der Waals surface area (Å²) < 4.78 is 30.0. The Morgan fingerprint density at radius 3 is 2.62 bits per heavy atom. The van der Waals surface area contributed by atoms with Crippen molar-refractivity contribution in [3.63, 3.8) is 0 Å². The van der Waals surface area contributed by atoms with E-state index in [4.69, 9.17) is 26.1 Å². The monoisotopic (exact) mass is 590 g/mol. The fraction of sp³-hybridized carbons (Fsp3) is 0.323. The molecule has 3 aromatic carbocycles. The van der Waals surface area contributed by atoms with E-state index in [0.29, 0.717) is 42.5 Å². The van der Waals surface area contributed by atoms with Crippen LogP contribution in [0.3, 0.4) is 0 Å². The molecule has 0 spiro atoms. The number of aromatic hydroxyl groups is 1. The molecule has 0 saturated carbocycles. The van der Waals surface area contributed by atoms with E-state index in [1.165, 1.54) is 6.07 Å². The number of ether oxygens (including phenoxy) is 2. The summed E-state index contributed by atoms with van der Waals surface area (Å²) in [4.78, 5) is 13.8. The average molecular weight is 591 g/mol. The van der Waals surface area contributed by atoms with E-state index in [9.17, 15) is 5.11 Å². The third-order valence-corrected chi connectivity index (χ3v) is 8.08. The largest absolute Gasteiger partial charge is 0.508 e. The fourth-order valence-electron chi connectivity index (χ4n) is 5.61. The number of hydrogen-bond acceptors (Lipinski definition) is 8. The molecule has 1 N–H and O–H groups in total. The SMILES string of the molecule is CCOCN1C[C@H](C)N(c2nc(Oc3ccnn3C)nc3c(F)c(-c4cc(O)cc5ccccc45)c(Cl)cc23)C[C@H]1C. The van der Waals surface area contributed by atoms with Gasteiger partial charge in [-0.1, -0.05) is 35.9 Å². The molecule has 3 heterocycles. The molecule has 2 atom stereocenters. The van der Waals surface area contributed by atoms with Gasteiger partial charge in [-0.15, -0.1) is 0 Å². The molecule has 9 nitrogen and oxygen atoms in total. The molecule has 11 heteroatoms. The molecule has 0 aliphatic carbocycles. The molecule has 6 rings (SSSR count). The molecule has 42 heavy (non-hydrogen) atoms. The van der Waals surface area contributed by atoms with Crippen LogP contribution in [0.2, 0.25) is 5.02 Å². The van der Waals surface area contributed by atoms with Gasteiger partial charge in [0.05, 0.1) is 18.0 Å². The normalized spacial score (nSPS) is 17.8. The maximum atomic E-state index is 16.8. The van der Waals surface area contributed by atoms with Crippen molar-refractivity contribution < 1.29 is 19.0 Å². The Balaban J connectivity index is 1.54. The van der Waals surface area contributed by atoms with Crippen molar-refractivity contribution in [3.8, 4) is 28.8 Å². The highest BCUT2D eigenvalue weighted by Gasteiger charge is 2.32. The zero-order valence-corrected chi connectivity index (χ0v) is 24.6. The Labute approximate surface area is 248 Å². The number of phenols is 1. The highest BCUT2D eigenvalue weighted by molar-refractivity contribution is 6.35. The summed E-state index contributed by atoms with van der Waals surface area (Å²) in [6.45, 7) is 8.75. The lowest BCUT2D eigenvalue weighted by Crippen LogP contribution is -2.57. The van der Waals surface area contributed by atoms with Gasteiger partial charge in [0, 0.05) is 55.8 Å². The second kappa shape index (κ2) is 11.4. The van der Waals surface area contributed by atoms with E-state index in [-0.39, 0.29) is 39.9 Å². The van der Waals surface area contributed by atoms with Gasteiger partial charge >= 0.3 is 6.01 Å². The molecule has 0 bridgehead atoms. The minimum absolute atomic E-state index is 0.00867. The maximum absolute atomic E-state index is 16.8. The molecule has 1 aliphatic rings. The molecular weight excluding hydrogens is 559 g/mol. The van der Waals surface area contributed by atoms with E-state index in [0.717, 1.165) is 17.3 Å². The van der Waals surface area contributed by atoms with Crippen molar-refractivity contribution in [2.75, 3.05) is 31.3 Å². The number of nitrogens with zero attached hydrogens (tertiary/aromatic N) is 6. The number of halogens is 2. The van der Waals surface area contributed by atoms with Gasteiger partial charge in [-0.2, -0.15) is 15.1 Å². The smallest absolute Gasteiger partial charge is 0.325 e. The molecule has 2 aromatic heterocycles. The van der Waals surface area contributed by atoms with E-state index >= 15 is 4.39 Å². The maximum Gasteiger partial charge on any atom is 0.325 e. The Morgan fingerprint density at radius 2 is 1.86 bits per heavy atom. The van der Waals surface area contributed by atoms with E-state index < -0.39 is 5.82 Å². The minimum atomic E-state index is -0.623. The number of phenolic OH excluding ortho intramolecular Hbond substituents is 1. The van der Waals surface area contributed by atoms with Gasteiger partial charge in [-0.25, -0.2) is 9.07 Å². The summed E-state index contributed by atoms with van der Waals surface area (Å²) in [7, 11) is 1.74. The number of hydrogen-bond donors (Lipinski definition) is 1. The van der Waals surface area contributed by atoms with Crippen LogP contribution in [0.1, 0.15) is 20.8 Å². The zero-order valence-electron chi connectivity index (χ0n) is 23.9. The minimum Gasteiger partial charge on any atom is -0.508 e. The molecule has 1 saturated heterocycles. The Morgan fingerprint density at radius 1 is 1.05 bits per heavy atom. The highest BCUT2D eigenvalue weighted by atomic mass is 35.5. The van der Waals surface area contributed by atoms with Crippen LogP contribution in [0.25, 0.3) is 32.8 Å². The van der Waals surface area contributed by atoms with Gasteiger partial charge in [0.2, 0.25) is 5.88 Å². The first-order chi connectivity index (χ1) is 20.2. The van der Waals surface area contributed by atoms with Gasteiger partial charge < -0.3 is 19.5 Å². The van der Waals surface area contributed by atoms with E-state index in [1.807, 2.05) is 31.2 Å². The van der Waals surface area contributed by atoms with Crippen molar-refractivity contribution in [3.05, 3.63) is 65.6 Å². The number of aromatic nitrogens is 4. The van der Waals surface area contributed by atoms with Crippen LogP contribution < -0.4 is 9.64 Å². The predicted molar refractivity (Wildman–Crippen MR) is 162 cm³/mol. The van der Waals surface area contributed by atoms with Crippen molar-refractivity contribution in [2.45, 2.75) is 32.9 Å². The number of rotatable bonds is 7. The number of anilines is 1. The second-order valence-corrected chi connectivity index (χ2v) is 11.0. The Hall–Kier alpha value is -3.99. The summed E-state index contributed by atoms with van der Waals surface area (Å²) in [5, 5.41) is 16.8. The Bertz CT molecular complexity index is 1780. The van der Waals surface area contributed by atoms with Gasteiger partial charge in [0.25, 0.3) is 0 Å². The first-order valence-electron chi connectivity index (χ1n) is 13.9. The summed E-state index contributed by atoms with van der Waals surface area (Å²) in [6.07, 6.45) is 1.60. The van der Waals surface area contributed by atoms with Crippen molar-refractivity contribution in [1.82, 2.24) is 24.6 Å². The molecule has 5 aromatic rings. The van der Waals surface area contributed by atoms with Crippen molar-refractivity contribution >= 4 is 39.1 Å². The summed E-state index contributed by atoms with van der Waals surface area (Å²) in [5.74, 6) is 0.329. The lowest BCUT2D eigenvalue weighted by Gasteiger charge is -2.44. The first kappa shape index (κ1) is 28.1. The molecule has 0 amide bonds. The highest BCUT2D eigenvalue weighted by Crippen LogP contribution is 2.43. The quantitative estimate of drug-likeness (QED) is 0.234. The van der Waals surface area contributed by atoms with Crippen LogP contribution in [0.5, 0.6) is 17.6 Å². The number of aryl methyl sites for hydroxylation is 1. The van der Waals surface area contributed by atoms with Gasteiger partial charge in [0.1, 0.15) is 17.1 Å². The number of benzene rings is 3. The van der Waals surface area contributed by atoms with E-state index in [2.05, 4.69) is 33.7 Å². The van der Waals surface area contributed by atoms with Gasteiger partial charge in [-0.3, -0.25) is 4.90 Å². The van der Waals surface area contributed by atoms with Crippen LogP contribution in [-0.2, 0) is 11.8 Å². The van der Waals surface area contributed by atoms with Crippen LogP contribution in [0.15, 0.2) is 54.7 Å². The second-order valence-electron chi connectivity index (χ2n) is 10.6. The lowest BCUT2D eigenvalue weighted by molar-refractivity contribution is 0.00282. The Kier molecular flexibility index (Phi) is 7.61. The van der Waals surface area contributed by atoms with Crippen molar-refractivity contribution in [1.29, 1.82) is 0 Å². The molecule has 218 valence electrons. The molecule has 1 aliphatic heterocycles. The third-order valence-electron chi connectivity index (χ3n) is 7.78. The van der Waals surface area contributed by atoms with Crippen LogP contribution in [0, 0.1) is 5.82 Å². The molecule has 1 fully saturated rings. The molecule has 0 radical (unpaired) electrons. The summed E-state index contributed by atoms with van der Waals surface area (Å²) in [6, 6.07) is 14.2. The first-order valence-corrected chi connectivity index (χ1v) is 14.3. The third kappa shape index (κ3) is 5.10. The van der Waals surface area contributed by atoms with E-state index in [1.54, 1.807) is 36.1 Å². The average Bonchev–Trinajstić information content (AvgIpc) is 3.37. The number of piperazine rings is 1. The standard InChI is InChI=1S/C31H32ClFN6O3/c1-5-41-17-38-15-19(3)39(16-18(38)2)30-24-14-25(32)27(23-13-21(40)12-20-8-6-7-9-22(20)23)28(33)29(24)35-31(36-30)42-26-10-11-34-37(26)4/h6-14,18-19,40H,5,15-17H2,1-4H3/t18-,19+/m1/s1. The summed E-state index contributed by atoms with van der Waals surface area (Å²) in [5.41, 5.74) is 0.687. The lowest BCUT2D eigenvalue weighted by atomic mass is 9.96.